The predicted octanol–water partition coefficient (Wildman–Crippen LogP) is 2.26. The molecule has 0 bridgehead atoms. The molecule has 0 aliphatic rings. The van der Waals surface area contributed by atoms with Gasteiger partial charge < -0.3 is 4.74 Å². The highest BCUT2D eigenvalue weighted by molar-refractivity contribution is 5.60. The average molecular weight is 177 g/mol. The third kappa shape index (κ3) is 3.15. The molecule has 0 heterocycles. The summed E-state index contributed by atoms with van der Waals surface area (Å²) in [7, 11) is 0. The first-order chi connectivity index (χ1) is 6.22. The first-order valence-corrected chi connectivity index (χ1v) is 3.84. The van der Waals surface area contributed by atoms with Crippen LogP contribution in [0.1, 0.15) is 12.5 Å². The van der Waals surface area contributed by atoms with Crippen LogP contribution in [-0.4, -0.2) is 6.16 Å². The zero-order chi connectivity index (χ0) is 9.68. The Morgan fingerprint density at radius 2 is 2.00 bits per heavy atom. The first kappa shape index (κ1) is 9.58. The number of carbonyl (C=O) groups is 1. The third-order valence-corrected chi connectivity index (χ3v) is 1.51. The van der Waals surface area contributed by atoms with E-state index >= 15 is 0 Å². The first-order valence-electron chi connectivity index (χ1n) is 3.84. The summed E-state index contributed by atoms with van der Waals surface area (Å²) in [5.74, 6) is 0.278. The highest BCUT2D eigenvalue weighted by Gasteiger charge is 2.01. The van der Waals surface area contributed by atoms with Crippen LogP contribution in [0.4, 0.5) is 4.79 Å². The topological polar surface area (TPSA) is 46.2 Å². The molecule has 3 radical (unpaired) electrons. The van der Waals surface area contributed by atoms with Gasteiger partial charge in [0.15, 0.2) is 0 Å². The molecule has 3 nitrogen and oxygen atoms in total. The molecule has 0 aliphatic heterocycles. The van der Waals surface area contributed by atoms with Crippen molar-refractivity contribution in [2.75, 3.05) is 0 Å². The van der Waals surface area contributed by atoms with Gasteiger partial charge in [0.25, 0.3) is 0 Å². The second-order valence-electron chi connectivity index (χ2n) is 2.53. The van der Waals surface area contributed by atoms with Gasteiger partial charge in [0.05, 0.1) is 0 Å². The van der Waals surface area contributed by atoms with Crippen LogP contribution in [0.2, 0.25) is 0 Å². The number of rotatable bonds is 3. The molecule has 0 fully saturated rings. The van der Waals surface area contributed by atoms with Gasteiger partial charge in [-0.3, -0.25) is 0 Å². The number of hydrogen-bond donors (Lipinski definition) is 0. The molecule has 0 saturated carbocycles. The van der Waals surface area contributed by atoms with Gasteiger partial charge in [-0.1, -0.05) is 19.1 Å². The van der Waals surface area contributed by atoms with Crippen molar-refractivity contribution >= 4 is 6.16 Å². The van der Waals surface area contributed by atoms with Gasteiger partial charge in [-0.05, 0) is 30.5 Å². The fourth-order valence-electron chi connectivity index (χ4n) is 0.976. The minimum Gasteiger partial charge on any atom is -0.392 e. The van der Waals surface area contributed by atoms with Crippen molar-refractivity contribution in [1.82, 2.24) is 0 Å². The van der Waals surface area contributed by atoms with Crippen LogP contribution in [-0.2, 0) is 11.5 Å². The molecule has 0 atom stereocenters. The monoisotopic (exact) mass is 177 g/mol. The maximum Gasteiger partial charge on any atom is 0.555 e. The van der Waals surface area contributed by atoms with Crippen molar-refractivity contribution in [2.45, 2.75) is 13.3 Å². The van der Waals surface area contributed by atoms with E-state index in [4.69, 9.17) is 0 Å². The molecule has 0 saturated heterocycles. The zero-order valence-electron chi connectivity index (χ0n) is 7.24. The normalized spacial score (nSPS) is 9.62. The summed E-state index contributed by atoms with van der Waals surface area (Å²) in [6.45, 7) is 1.84. The van der Waals surface area contributed by atoms with E-state index in [9.17, 15) is 9.90 Å². The Kier molecular flexibility index (Phi) is 3.31. The molecule has 13 heavy (non-hydrogen) atoms. The Labute approximate surface area is 77.0 Å². The van der Waals surface area contributed by atoms with Crippen molar-refractivity contribution in [3.8, 4) is 5.75 Å². The van der Waals surface area contributed by atoms with E-state index in [-0.39, 0.29) is 5.75 Å². The second kappa shape index (κ2) is 4.50. The molecule has 67 valence electrons. The maximum absolute atomic E-state index is 10.0. The quantitative estimate of drug-likeness (QED) is 0.525. The molecule has 0 unspecified atom stereocenters. The minimum absolute atomic E-state index is 0.278. The molecule has 0 aromatic heterocycles. The Balaban J connectivity index is 2.64. The number of hydrogen-bond acceptors (Lipinski definition) is 2. The summed E-state index contributed by atoms with van der Waals surface area (Å²) in [5, 5.41) is 10.0. The van der Waals surface area contributed by atoms with Gasteiger partial charge in [-0.25, -0.2) is 0 Å². The lowest BCUT2D eigenvalue weighted by Crippen LogP contribution is -2.00. The van der Waals surface area contributed by atoms with Crippen molar-refractivity contribution in [1.29, 1.82) is 0 Å². The SMILES string of the molecule is C[C]Cc1ccc(OC([O])=O)cc1. The van der Waals surface area contributed by atoms with Crippen molar-refractivity contribution in [2.24, 2.45) is 0 Å². The van der Waals surface area contributed by atoms with Crippen LogP contribution >= 0.6 is 0 Å². The largest absolute Gasteiger partial charge is 0.555 e. The molecule has 0 spiro atoms. The van der Waals surface area contributed by atoms with Crippen LogP contribution in [0.15, 0.2) is 24.3 Å². The summed E-state index contributed by atoms with van der Waals surface area (Å²) in [6, 6.07) is 6.74. The van der Waals surface area contributed by atoms with Crippen LogP contribution < -0.4 is 4.74 Å². The number of ether oxygens (including phenoxy) is 1. The van der Waals surface area contributed by atoms with E-state index in [1.807, 2.05) is 6.92 Å². The Hall–Kier alpha value is -1.51. The predicted molar refractivity (Wildman–Crippen MR) is 45.8 cm³/mol. The summed E-state index contributed by atoms with van der Waals surface area (Å²) in [4.78, 5) is 10.0. The fraction of sp³-hybridized carbons (Fsp3) is 0.200. The van der Waals surface area contributed by atoms with Gasteiger partial charge in [0.2, 0.25) is 0 Å². The highest BCUT2D eigenvalue weighted by Crippen LogP contribution is 2.13. The smallest absolute Gasteiger partial charge is 0.392 e. The molecular formula is C10H9O3. The summed E-state index contributed by atoms with van der Waals surface area (Å²) in [6.07, 6.45) is 2.18. The second-order valence-corrected chi connectivity index (χ2v) is 2.53. The molecule has 0 amide bonds. The average Bonchev–Trinajstić information content (AvgIpc) is 2.08. The van der Waals surface area contributed by atoms with E-state index in [1.54, 1.807) is 24.3 Å². The van der Waals surface area contributed by atoms with Crippen LogP contribution in [0.25, 0.3) is 0 Å². The van der Waals surface area contributed by atoms with E-state index in [1.165, 1.54) is 0 Å². The minimum atomic E-state index is -1.54. The van der Waals surface area contributed by atoms with Gasteiger partial charge in [0, 0.05) is 0 Å². The standard InChI is InChI=1S/C10H9O3/c1-2-3-8-4-6-9(7-5-8)13-10(11)12/h4-7H,3H2,1H3. The van der Waals surface area contributed by atoms with Gasteiger partial charge in [-0.2, -0.15) is 9.90 Å². The number of carbonyl (C=O) groups excluding carboxylic acids is 1. The van der Waals surface area contributed by atoms with Crippen molar-refractivity contribution < 1.29 is 14.6 Å². The Bertz CT molecular complexity index is 277. The molecular weight excluding hydrogens is 168 g/mol. The Morgan fingerprint density at radius 1 is 1.38 bits per heavy atom. The zero-order valence-corrected chi connectivity index (χ0v) is 7.24. The van der Waals surface area contributed by atoms with E-state index < -0.39 is 6.16 Å². The summed E-state index contributed by atoms with van der Waals surface area (Å²) < 4.78 is 4.33. The highest BCUT2D eigenvalue weighted by atomic mass is 16.7. The molecule has 0 N–H and O–H groups in total. The fourth-order valence-corrected chi connectivity index (χ4v) is 0.976. The lowest BCUT2D eigenvalue weighted by molar-refractivity contribution is 0.117. The van der Waals surface area contributed by atoms with Gasteiger partial charge >= 0.3 is 6.16 Å². The molecule has 1 aromatic rings. The molecule has 1 aromatic carbocycles. The molecule has 0 aliphatic carbocycles. The van der Waals surface area contributed by atoms with Gasteiger partial charge in [-0.15, -0.1) is 0 Å². The molecule has 3 heteroatoms. The van der Waals surface area contributed by atoms with E-state index in [0.717, 1.165) is 12.0 Å². The van der Waals surface area contributed by atoms with Crippen molar-refractivity contribution in [3.63, 3.8) is 0 Å². The maximum atomic E-state index is 10.0. The van der Waals surface area contributed by atoms with Crippen molar-refractivity contribution in [3.05, 3.63) is 36.2 Å². The number of benzene rings is 1. The van der Waals surface area contributed by atoms with Crippen LogP contribution in [0, 0.1) is 6.42 Å². The van der Waals surface area contributed by atoms with Gasteiger partial charge in [0.1, 0.15) is 5.75 Å². The lowest BCUT2D eigenvalue weighted by Gasteiger charge is -2.00. The van der Waals surface area contributed by atoms with E-state index in [0.29, 0.717) is 0 Å². The van der Waals surface area contributed by atoms with E-state index in [2.05, 4.69) is 11.2 Å². The summed E-state index contributed by atoms with van der Waals surface area (Å²) in [5.41, 5.74) is 1.06. The lowest BCUT2D eigenvalue weighted by atomic mass is 10.1. The summed E-state index contributed by atoms with van der Waals surface area (Å²) >= 11 is 0. The third-order valence-electron chi connectivity index (χ3n) is 1.51. The van der Waals surface area contributed by atoms with Crippen LogP contribution in [0.5, 0.6) is 5.75 Å². The molecule has 1 rings (SSSR count). The Morgan fingerprint density at radius 3 is 2.46 bits per heavy atom. The van der Waals surface area contributed by atoms with Crippen LogP contribution in [0.3, 0.4) is 0 Å².